The molecule has 0 amide bonds. The normalized spacial score (nSPS) is 10.9. The van der Waals surface area contributed by atoms with Crippen molar-refractivity contribution >= 4 is 27.5 Å². The van der Waals surface area contributed by atoms with Crippen LogP contribution in [0.1, 0.15) is 5.56 Å². The Morgan fingerprint density at radius 2 is 1.39 bits per heavy atom. The Morgan fingerprint density at radius 1 is 0.889 bits per heavy atom. The number of carboxylic acid groups (broad SMARTS) is 1. The van der Waals surface area contributed by atoms with E-state index in [4.69, 9.17) is 5.11 Å². The smallest absolute Gasteiger partial charge is 0.312 e. The lowest BCUT2D eigenvalue weighted by Gasteiger charge is -2.09. The Labute approximate surface area is 104 Å². The Hall–Kier alpha value is -2.35. The molecule has 1 radical (unpaired) electrons. The number of aliphatic carboxylic acids is 1. The fourth-order valence-corrected chi connectivity index (χ4v) is 2.33. The van der Waals surface area contributed by atoms with Crippen molar-refractivity contribution in [1.82, 2.24) is 0 Å². The maximum atomic E-state index is 11.0. The minimum absolute atomic E-state index is 0.774. The van der Waals surface area contributed by atoms with Crippen molar-refractivity contribution in [3.8, 4) is 0 Å². The first-order valence-corrected chi connectivity index (χ1v) is 5.74. The quantitative estimate of drug-likeness (QED) is 0.689. The summed E-state index contributed by atoms with van der Waals surface area (Å²) in [6, 6.07) is 17.8. The average molecular weight is 235 g/mol. The van der Waals surface area contributed by atoms with Crippen LogP contribution in [0, 0.1) is 6.42 Å². The van der Waals surface area contributed by atoms with Gasteiger partial charge in [0.2, 0.25) is 0 Å². The molecule has 2 heteroatoms. The Morgan fingerprint density at radius 3 is 1.89 bits per heavy atom. The van der Waals surface area contributed by atoms with Crippen molar-refractivity contribution in [3.63, 3.8) is 0 Å². The molecule has 3 rings (SSSR count). The van der Waals surface area contributed by atoms with E-state index in [0.717, 1.165) is 27.1 Å². The van der Waals surface area contributed by atoms with Crippen molar-refractivity contribution in [2.75, 3.05) is 0 Å². The van der Waals surface area contributed by atoms with Gasteiger partial charge in [0.1, 0.15) is 6.42 Å². The van der Waals surface area contributed by atoms with Gasteiger partial charge in [-0.05, 0) is 33.2 Å². The van der Waals surface area contributed by atoms with Crippen LogP contribution >= 0.6 is 0 Å². The standard InChI is InChI=1S/C16H11O2/c17-16(18)10-15-13-7-3-1-5-11(13)9-12-6-2-4-8-14(12)15/h1-10H,(H,17,18). The molecule has 0 saturated carbocycles. The third-order valence-corrected chi connectivity index (χ3v) is 3.08. The van der Waals surface area contributed by atoms with E-state index in [0.29, 0.717) is 0 Å². The van der Waals surface area contributed by atoms with Gasteiger partial charge in [0, 0.05) is 0 Å². The maximum absolute atomic E-state index is 11.0. The van der Waals surface area contributed by atoms with E-state index in [9.17, 15) is 4.79 Å². The van der Waals surface area contributed by atoms with Crippen LogP contribution in [0.25, 0.3) is 21.5 Å². The van der Waals surface area contributed by atoms with Gasteiger partial charge in [0.25, 0.3) is 0 Å². The number of rotatable bonds is 2. The molecule has 1 N–H and O–H groups in total. The molecule has 0 aromatic heterocycles. The maximum Gasteiger partial charge on any atom is 0.312 e. The lowest BCUT2D eigenvalue weighted by molar-refractivity contribution is -0.132. The molecule has 2 nitrogen and oxygen atoms in total. The lowest BCUT2D eigenvalue weighted by Crippen LogP contribution is -1.98. The van der Waals surface area contributed by atoms with Crippen LogP contribution in [-0.4, -0.2) is 11.1 Å². The second kappa shape index (κ2) is 4.15. The third-order valence-electron chi connectivity index (χ3n) is 3.08. The van der Waals surface area contributed by atoms with Crippen LogP contribution in [0.3, 0.4) is 0 Å². The minimum atomic E-state index is -0.920. The lowest BCUT2D eigenvalue weighted by atomic mass is 9.95. The van der Waals surface area contributed by atoms with E-state index in [1.165, 1.54) is 6.42 Å². The zero-order valence-corrected chi connectivity index (χ0v) is 9.63. The monoisotopic (exact) mass is 235 g/mol. The molecule has 0 atom stereocenters. The summed E-state index contributed by atoms with van der Waals surface area (Å²) in [5.74, 6) is -0.920. The SMILES string of the molecule is O=C(O)[CH]c1c2ccccc2cc2ccccc12. The van der Waals surface area contributed by atoms with Gasteiger partial charge in [-0.3, -0.25) is 4.79 Å². The van der Waals surface area contributed by atoms with E-state index in [-0.39, 0.29) is 0 Å². The molecule has 0 fully saturated rings. The van der Waals surface area contributed by atoms with Gasteiger partial charge in [0.05, 0.1) is 0 Å². The summed E-state index contributed by atoms with van der Waals surface area (Å²) in [4.78, 5) is 11.0. The predicted octanol–water partition coefficient (Wildman–Crippen LogP) is 3.63. The largest absolute Gasteiger partial charge is 0.481 e. The van der Waals surface area contributed by atoms with Gasteiger partial charge in [0.15, 0.2) is 0 Å². The molecule has 0 aliphatic heterocycles. The second-order valence-electron chi connectivity index (χ2n) is 4.22. The van der Waals surface area contributed by atoms with E-state index in [1.54, 1.807) is 0 Å². The number of benzene rings is 3. The molecule has 0 unspecified atom stereocenters. The first kappa shape index (κ1) is 10.8. The van der Waals surface area contributed by atoms with Crippen LogP contribution in [0.4, 0.5) is 0 Å². The fraction of sp³-hybridized carbons (Fsp3) is 0. The van der Waals surface area contributed by atoms with Crippen LogP contribution in [0.2, 0.25) is 0 Å². The molecule has 0 bridgehead atoms. The number of carbonyl (C=O) groups is 1. The molecule has 0 saturated heterocycles. The van der Waals surface area contributed by atoms with Gasteiger partial charge < -0.3 is 5.11 Å². The summed E-state index contributed by atoms with van der Waals surface area (Å²) in [6.07, 6.45) is 1.28. The van der Waals surface area contributed by atoms with Crippen LogP contribution in [-0.2, 0) is 4.79 Å². The van der Waals surface area contributed by atoms with Gasteiger partial charge in [-0.15, -0.1) is 0 Å². The second-order valence-corrected chi connectivity index (χ2v) is 4.22. The van der Waals surface area contributed by atoms with E-state index < -0.39 is 5.97 Å². The highest BCUT2D eigenvalue weighted by atomic mass is 16.4. The number of hydrogen-bond acceptors (Lipinski definition) is 1. The highest BCUT2D eigenvalue weighted by Crippen LogP contribution is 2.29. The number of fused-ring (bicyclic) bond motifs is 2. The van der Waals surface area contributed by atoms with Gasteiger partial charge in [-0.1, -0.05) is 48.5 Å². The summed E-state index contributed by atoms with van der Waals surface area (Å²) >= 11 is 0. The van der Waals surface area contributed by atoms with Gasteiger partial charge in [-0.25, -0.2) is 0 Å². The van der Waals surface area contributed by atoms with E-state index in [1.807, 2.05) is 48.5 Å². The summed E-state index contributed by atoms with van der Waals surface area (Å²) in [7, 11) is 0. The molecule has 0 spiro atoms. The Kier molecular flexibility index (Phi) is 2.49. The van der Waals surface area contributed by atoms with E-state index >= 15 is 0 Å². The van der Waals surface area contributed by atoms with Crippen molar-refractivity contribution in [1.29, 1.82) is 0 Å². The van der Waals surface area contributed by atoms with E-state index in [2.05, 4.69) is 6.07 Å². The average Bonchev–Trinajstić information content (AvgIpc) is 2.38. The van der Waals surface area contributed by atoms with Crippen LogP contribution in [0.15, 0.2) is 54.6 Å². The highest BCUT2D eigenvalue weighted by molar-refractivity contribution is 6.06. The predicted molar refractivity (Wildman–Crippen MR) is 72.5 cm³/mol. The molecule has 0 aliphatic carbocycles. The molecule has 18 heavy (non-hydrogen) atoms. The Balaban J connectivity index is 2.45. The molecule has 0 heterocycles. The fourth-order valence-electron chi connectivity index (χ4n) is 2.33. The van der Waals surface area contributed by atoms with Crippen molar-refractivity contribution in [3.05, 3.63) is 66.6 Å². The number of hydrogen-bond donors (Lipinski definition) is 1. The highest BCUT2D eigenvalue weighted by Gasteiger charge is 2.10. The van der Waals surface area contributed by atoms with Crippen molar-refractivity contribution in [2.24, 2.45) is 0 Å². The third kappa shape index (κ3) is 1.72. The summed E-state index contributed by atoms with van der Waals surface area (Å²) in [5, 5.41) is 13.1. The van der Waals surface area contributed by atoms with Crippen molar-refractivity contribution in [2.45, 2.75) is 0 Å². The van der Waals surface area contributed by atoms with Crippen molar-refractivity contribution < 1.29 is 9.90 Å². The zero-order chi connectivity index (χ0) is 12.5. The molecular weight excluding hydrogens is 224 g/mol. The van der Waals surface area contributed by atoms with Gasteiger partial charge >= 0.3 is 5.97 Å². The molecule has 3 aromatic rings. The number of carboxylic acids is 1. The minimum Gasteiger partial charge on any atom is -0.481 e. The molecular formula is C16H11O2. The molecule has 3 aromatic carbocycles. The summed E-state index contributed by atoms with van der Waals surface area (Å²) in [5.41, 5.74) is 0.774. The van der Waals surface area contributed by atoms with Crippen LogP contribution in [0.5, 0.6) is 0 Å². The topological polar surface area (TPSA) is 37.3 Å². The van der Waals surface area contributed by atoms with Crippen LogP contribution < -0.4 is 0 Å². The zero-order valence-electron chi connectivity index (χ0n) is 9.63. The molecule has 87 valence electrons. The Bertz CT molecular complexity index is 690. The van der Waals surface area contributed by atoms with Gasteiger partial charge in [-0.2, -0.15) is 0 Å². The summed E-state index contributed by atoms with van der Waals surface area (Å²) in [6.45, 7) is 0. The first-order chi connectivity index (χ1) is 8.75. The first-order valence-electron chi connectivity index (χ1n) is 5.74. The molecule has 0 aliphatic rings. The summed E-state index contributed by atoms with van der Waals surface area (Å²) < 4.78 is 0.